The highest BCUT2D eigenvalue weighted by molar-refractivity contribution is 5.85. The number of carbonyl (C=O) groups excluding carboxylic acids is 1. The van der Waals surface area contributed by atoms with E-state index in [1.807, 2.05) is 23.1 Å². The van der Waals surface area contributed by atoms with Crippen LogP contribution in [0.2, 0.25) is 0 Å². The van der Waals surface area contributed by atoms with Gasteiger partial charge >= 0.3 is 0 Å². The molecule has 1 amide bonds. The number of nitrogens with two attached hydrogens (primary N) is 1. The van der Waals surface area contributed by atoms with Crippen LogP contribution in [0.1, 0.15) is 39.7 Å². The van der Waals surface area contributed by atoms with Gasteiger partial charge in [0.15, 0.2) is 0 Å². The van der Waals surface area contributed by atoms with Crippen molar-refractivity contribution in [2.45, 2.75) is 45.8 Å². The van der Waals surface area contributed by atoms with Crippen LogP contribution < -0.4 is 15.4 Å². The molecular formula is C27H35N7O3. The lowest BCUT2D eigenvalue weighted by molar-refractivity contribution is -0.133. The highest BCUT2D eigenvalue weighted by atomic mass is 16.5. The average Bonchev–Trinajstić information content (AvgIpc) is 3.29. The van der Waals surface area contributed by atoms with Crippen molar-refractivity contribution < 1.29 is 14.6 Å². The van der Waals surface area contributed by atoms with E-state index in [0.29, 0.717) is 55.3 Å². The highest BCUT2D eigenvalue weighted by Gasteiger charge is 2.26. The summed E-state index contributed by atoms with van der Waals surface area (Å²) in [5.41, 5.74) is 7.80. The second-order valence-electron chi connectivity index (χ2n) is 10.6. The largest absolute Gasteiger partial charge is 0.489 e. The van der Waals surface area contributed by atoms with Crippen LogP contribution in [0.5, 0.6) is 5.75 Å². The van der Waals surface area contributed by atoms with Crippen LogP contribution in [-0.4, -0.2) is 74.9 Å². The zero-order valence-electron chi connectivity index (χ0n) is 21.9. The second kappa shape index (κ2) is 10.7. The third kappa shape index (κ3) is 6.18. The maximum Gasteiger partial charge on any atom is 0.239 e. The molecule has 1 aliphatic rings. The van der Waals surface area contributed by atoms with Crippen molar-refractivity contribution in [3.63, 3.8) is 0 Å². The van der Waals surface area contributed by atoms with Crippen molar-refractivity contribution in [2.75, 3.05) is 37.7 Å². The first kappa shape index (κ1) is 26.4. The molecule has 1 unspecified atom stereocenters. The molecule has 196 valence electrons. The summed E-state index contributed by atoms with van der Waals surface area (Å²) in [4.78, 5) is 21.3. The SMILES string of the molecule is CC(C)CC(N)C(=O)N1CCN(c2ccc(-c3cc(OCC(C)(C)O)cn4ncc(C#N)c34)cn2)CC1. The van der Waals surface area contributed by atoms with Gasteiger partial charge in [0.05, 0.1) is 35.1 Å². The molecular weight excluding hydrogens is 470 g/mol. The van der Waals surface area contributed by atoms with E-state index in [4.69, 9.17) is 10.5 Å². The van der Waals surface area contributed by atoms with E-state index in [1.165, 1.54) is 6.20 Å². The molecule has 0 radical (unpaired) electrons. The summed E-state index contributed by atoms with van der Waals surface area (Å²) < 4.78 is 7.42. The third-order valence-electron chi connectivity index (χ3n) is 6.32. The Morgan fingerprint density at radius 1 is 1.24 bits per heavy atom. The van der Waals surface area contributed by atoms with Crippen molar-refractivity contribution in [3.05, 3.63) is 42.4 Å². The normalized spacial score (nSPS) is 15.2. The van der Waals surface area contributed by atoms with E-state index in [2.05, 4.69) is 34.9 Å². The fourth-order valence-corrected chi connectivity index (χ4v) is 4.47. The summed E-state index contributed by atoms with van der Waals surface area (Å²) >= 11 is 0. The molecule has 1 aliphatic heterocycles. The molecule has 0 bridgehead atoms. The van der Waals surface area contributed by atoms with Gasteiger partial charge in [-0.25, -0.2) is 9.50 Å². The van der Waals surface area contributed by atoms with Crippen molar-refractivity contribution in [1.29, 1.82) is 5.26 Å². The van der Waals surface area contributed by atoms with Gasteiger partial charge in [-0.3, -0.25) is 4.79 Å². The van der Waals surface area contributed by atoms with Crippen molar-refractivity contribution in [2.24, 2.45) is 11.7 Å². The van der Waals surface area contributed by atoms with Crippen molar-refractivity contribution in [3.8, 4) is 22.9 Å². The molecule has 0 aromatic carbocycles. The Kier molecular flexibility index (Phi) is 7.66. The third-order valence-corrected chi connectivity index (χ3v) is 6.32. The van der Waals surface area contributed by atoms with E-state index in [1.54, 1.807) is 30.8 Å². The molecule has 4 heterocycles. The Balaban J connectivity index is 1.52. The number of piperazine rings is 1. The minimum absolute atomic E-state index is 0.0152. The fraction of sp³-hybridized carbons (Fsp3) is 0.481. The standard InChI is InChI=1S/C27H35N7O3/c1-18(2)11-23(29)26(35)33-9-7-32(8-10-33)24-6-5-19(14-30-24)22-12-21(37-17-27(3,4)36)16-34-25(22)20(13-28)15-31-34/h5-6,12,14-16,18,23,36H,7-11,17,29H2,1-4H3. The van der Waals surface area contributed by atoms with Gasteiger partial charge in [-0.1, -0.05) is 13.8 Å². The minimum atomic E-state index is -0.992. The zero-order valence-corrected chi connectivity index (χ0v) is 21.9. The minimum Gasteiger partial charge on any atom is -0.489 e. The Bertz CT molecular complexity index is 1280. The van der Waals surface area contributed by atoms with E-state index in [0.717, 1.165) is 16.9 Å². The van der Waals surface area contributed by atoms with Crippen LogP contribution in [0.4, 0.5) is 5.82 Å². The number of hydrogen-bond acceptors (Lipinski definition) is 8. The number of aromatic nitrogens is 3. The number of nitrogens with zero attached hydrogens (tertiary/aromatic N) is 6. The molecule has 10 heteroatoms. The first-order chi connectivity index (χ1) is 17.6. The van der Waals surface area contributed by atoms with Crippen LogP contribution in [-0.2, 0) is 4.79 Å². The lowest BCUT2D eigenvalue weighted by atomic mass is 10.0. The van der Waals surface area contributed by atoms with Gasteiger partial charge in [0.2, 0.25) is 5.91 Å². The van der Waals surface area contributed by atoms with Gasteiger partial charge in [-0.05, 0) is 44.4 Å². The summed E-state index contributed by atoms with van der Waals surface area (Å²) in [5.74, 6) is 1.74. The van der Waals surface area contributed by atoms with E-state index in [9.17, 15) is 15.2 Å². The van der Waals surface area contributed by atoms with Crippen LogP contribution >= 0.6 is 0 Å². The topological polar surface area (TPSA) is 133 Å². The molecule has 0 saturated carbocycles. The van der Waals surface area contributed by atoms with Gasteiger partial charge < -0.3 is 25.4 Å². The van der Waals surface area contributed by atoms with Gasteiger partial charge in [0.25, 0.3) is 0 Å². The molecule has 3 aromatic heterocycles. The highest BCUT2D eigenvalue weighted by Crippen LogP contribution is 2.31. The summed E-state index contributed by atoms with van der Waals surface area (Å²) in [7, 11) is 0. The predicted octanol–water partition coefficient (Wildman–Crippen LogP) is 2.44. The number of aliphatic hydroxyl groups is 1. The first-order valence-corrected chi connectivity index (χ1v) is 12.6. The quantitative estimate of drug-likeness (QED) is 0.477. The van der Waals surface area contributed by atoms with Crippen LogP contribution in [0.15, 0.2) is 36.8 Å². The number of rotatable bonds is 8. The second-order valence-corrected chi connectivity index (χ2v) is 10.6. The molecule has 1 atom stereocenters. The van der Waals surface area contributed by atoms with Crippen LogP contribution in [0.3, 0.4) is 0 Å². The van der Waals surface area contributed by atoms with Gasteiger partial charge in [0, 0.05) is 43.5 Å². The fourth-order valence-electron chi connectivity index (χ4n) is 4.47. The van der Waals surface area contributed by atoms with E-state index in [-0.39, 0.29) is 12.5 Å². The maximum atomic E-state index is 12.7. The molecule has 0 spiro atoms. The summed E-state index contributed by atoms with van der Waals surface area (Å²) in [6.45, 7) is 10.2. The Morgan fingerprint density at radius 2 is 1.97 bits per heavy atom. The monoisotopic (exact) mass is 505 g/mol. The summed E-state index contributed by atoms with van der Waals surface area (Å²) in [6, 6.07) is 7.49. The lowest BCUT2D eigenvalue weighted by Gasteiger charge is -2.36. The van der Waals surface area contributed by atoms with Crippen LogP contribution in [0.25, 0.3) is 16.6 Å². The number of carbonyl (C=O) groups is 1. The molecule has 37 heavy (non-hydrogen) atoms. The number of nitriles is 1. The molecule has 1 saturated heterocycles. The Labute approximate surface area is 217 Å². The smallest absolute Gasteiger partial charge is 0.239 e. The number of amides is 1. The van der Waals surface area contributed by atoms with Crippen molar-refractivity contribution in [1.82, 2.24) is 19.5 Å². The maximum absolute atomic E-state index is 12.7. The van der Waals surface area contributed by atoms with E-state index < -0.39 is 11.6 Å². The predicted molar refractivity (Wildman–Crippen MR) is 141 cm³/mol. The molecule has 3 aromatic rings. The molecule has 4 rings (SSSR count). The first-order valence-electron chi connectivity index (χ1n) is 12.6. The molecule has 1 fully saturated rings. The van der Waals surface area contributed by atoms with Crippen molar-refractivity contribution >= 4 is 17.2 Å². The number of hydrogen-bond donors (Lipinski definition) is 2. The molecule has 10 nitrogen and oxygen atoms in total. The Hall–Kier alpha value is -3.68. The van der Waals surface area contributed by atoms with Gasteiger partial charge in [-0.15, -0.1) is 0 Å². The zero-order chi connectivity index (χ0) is 26.7. The number of fused-ring (bicyclic) bond motifs is 1. The molecule has 0 aliphatic carbocycles. The summed E-state index contributed by atoms with van der Waals surface area (Å²) in [5, 5.41) is 24.0. The van der Waals surface area contributed by atoms with Gasteiger partial charge in [0.1, 0.15) is 24.2 Å². The number of ether oxygens (including phenoxy) is 1. The Morgan fingerprint density at radius 3 is 2.57 bits per heavy atom. The van der Waals surface area contributed by atoms with E-state index >= 15 is 0 Å². The summed E-state index contributed by atoms with van der Waals surface area (Å²) in [6.07, 6.45) is 5.67. The van der Waals surface area contributed by atoms with Crippen LogP contribution in [0, 0.1) is 17.2 Å². The average molecular weight is 506 g/mol. The number of anilines is 1. The van der Waals surface area contributed by atoms with Gasteiger partial charge in [-0.2, -0.15) is 10.4 Å². The number of pyridine rings is 2. The molecule has 3 N–H and O–H groups in total. The lowest BCUT2D eigenvalue weighted by Crippen LogP contribution is -2.53.